The molecule has 0 aromatic carbocycles. The second-order valence-corrected chi connectivity index (χ2v) is 6.58. The van der Waals surface area contributed by atoms with Crippen LogP contribution in [0, 0.1) is 6.92 Å². The molecule has 108 valence electrons. The number of ether oxygens (including phenoxy) is 2. The Balaban J connectivity index is 3.14. The Morgan fingerprint density at radius 1 is 1.47 bits per heavy atom. The van der Waals surface area contributed by atoms with Crippen molar-refractivity contribution >= 4 is 27.3 Å². The molecule has 0 aliphatic heterocycles. The van der Waals surface area contributed by atoms with Crippen LogP contribution in [-0.4, -0.2) is 41.3 Å². The van der Waals surface area contributed by atoms with E-state index in [9.17, 15) is 13.2 Å². The fourth-order valence-corrected chi connectivity index (χ4v) is 4.54. The highest BCUT2D eigenvalue weighted by Gasteiger charge is 2.28. The van der Waals surface area contributed by atoms with Crippen LogP contribution in [-0.2, 0) is 19.5 Å². The molecular formula is C11H17NO5S2. The van der Waals surface area contributed by atoms with Crippen LogP contribution in [0.1, 0.15) is 22.2 Å². The van der Waals surface area contributed by atoms with Crippen molar-refractivity contribution in [1.29, 1.82) is 0 Å². The summed E-state index contributed by atoms with van der Waals surface area (Å²) in [4.78, 5) is 11.6. The zero-order valence-corrected chi connectivity index (χ0v) is 12.9. The SMILES string of the molecule is COCC(C)NS(=O)(=O)c1c(C)csc1C(=O)OC. The molecule has 0 bridgehead atoms. The summed E-state index contributed by atoms with van der Waals surface area (Å²) in [6, 6.07) is -0.389. The highest BCUT2D eigenvalue weighted by atomic mass is 32.2. The number of thiophene rings is 1. The second-order valence-electron chi connectivity index (χ2n) is 4.05. The number of methoxy groups -OCH3 is 2. The van der Waals surface area contributed by atoms with E-state index in [4.69, 9.17) is 4.74 Å². The van der Waals surface area contributed by atoms with Crippen LogP contribution in [0.2, 0.25) is 0 Å². The molecule has 0 saturated carbocycles. The van der Waals surface area contributed by atoms with Crippen LogP contribution < -0.4 is 4.72 Å². The lowest BCUT2D eigenvalue weighted by Crippen LogP contribution is -2.36. The van der Waals surface area contributed by atoms with E-state index < -0.39 is 16.0 Å². The summed E-state index contributed by atoms with van der Waals surface area (Å²) in [5, 5.41) is 1.61. The Morgan fingerprint density at radius 2 is 2.11 bits per heavy atom. The molecule has 0 spiro atoms. The molecule has 6 nitrogen and oxygen atoms in total. The van der Waals surface area contributed by atoms with E-state index >= 15 is 0 Å². The predicted molar refractivity (Wildman–Crippen MR) is 72.1 cm³/mol. The zero-order valence-electron chi connectivity index (χ0n) is 11.2. The van der Waals surface area contributed by atoms with Gasteiger partial charge in [0.15, 0.2) is 0 Å². The van der Waals surface area contributed by atoms with Crippen LogP contribution in [0.4, 0.5) is 0 Å². The van der Waals surface area contributed by atoms with E-state index in [2.05, 4.69) is 9.46 Å². The van der Waals surface area contributed by atoms with Crippen LogP contribution >= 0.6 is 11.3 Å². The van der Waals surface area contributed by atoms with Crippen molar-refractivity contribution in [1.82, 2.24) is 4.72 Å². The number of sulfonamides is 1. The molecule has 0 saturated heterocycles. The third-order valence-electron chi connectivity index (χ3n) is 2.33. The van der Waals surface area contributed by atoms with Gasteiger partial charge >= 0.3 is 5.97 Å². The Hall–Kier alpha value is -0.960. The van der Waals surface area contributed by atoms with Crippen molar-refractivity contribution in [2.75, 3.05) is 20.8 Å². The Labute approximate surface area is 116 Å². The van der Waals surface area contributed by atoms with Gasteiger partial charge in [-0.1, -0.05) is 0 Å². The first-order valence-electron chi connectivity index (χ1n) is 5.51. The zero-order chi connectivity index (χ0) is 14.6. The average Bonchev–Trinajstić information content (AvgIpc) is 2.70. The van der Waals surface area contributed by atoms with E-state index in [-0.39, 0.29) is 22.4 Å². The van der Waals surface area contributed by atoms with Crippen molar-refractivity contribution in [3.63, 3.8) is 0 Å². The summed E-state index contributed by atoms with van der Waals surface area (Å²) in [7, 11) is -1.07. The van der Waals surface area contributed by atoms with Gasteiger partial charge in [-0.05, 0) is 24.8 Å². The van der Waals surface area contributed by atoms with Crippen molar-refractivity contribution in [2.45, 2.75) is 24.8 Å². The van der Waals surface area contributed by atoms with Gasteiger partial charge in [0.2, 0.25) is 10.0 Å². The molecule has 1 unspecified atom stereocenters. The van der Waals surface area contributed by atoms with Crippen LogP contribution in [0.15, 0.2) is 10.3 Å². The molecule has 1 atom stereocenters. The van der Waals surface area contributed by atoms with Gasteiger partial charge < -0.3 is 9.47 Å². The molecule has 0 aliphatic rings. The number of nitrogens with one attached hydrogen (secondary N) is 1. The summed E-state index contributed by atoms with van der Waals surface area (Å²) in [6.45, 7) is 3.56. The van der Waals surface area contributed by atoms with Gasteiger partial charge in [-0.2, -0.15) is 0 Å². The van der Waals surface area contributed by atoms with Gasteiger partial charge in [-0.15, -0.1) is 11.3 Å². The van der Waals surface area contributed by atoms with Crippen molar-refractivity contribution in [3.05, 3.63) is 15.8 Å². The average molecular weight is 307 g/mol. The van der Waals surface area contributed by atoms with Crippen LogP contribution in [0.3, 0.4) is 0 Å². The molecule has 1 aromatic rings. The standard InChI is InChI=1S/C11H17NO5S2/c1-7-6-18-9(11(13)17-4)10(7)19(14,15)12-8(2)5-16-3/h6,8,12H,5H2,1-4H3. The fraction of sp³-hybridized carbons (Fsp3) is 0.545. The number of rotatable bonds is 6. The molecule has 0 aliphatic carbocycles. The third kappa shape index (κ3) is 3.75. The molecule has 8 heteroatoms. The third-order valence-corrected chi connectivity index (χ3v) is 5.31. The van der Waals surface area contributed by atoms with Gasteiger partial charge in [-0.3, -0.25) is 0 Å². The number of esters is 1. The maximum Gasteiger partial charge on any atom is 0.349 e. The highest BCUT2D eigenvalue weighted by Crippen LogP contribution is 2.27. The summed E-state index contributed by atoms with van der Waals surface area (Å²) >= 11 is 1.05. The number of hydrogen-bond acceptors (Lipinski definition) is 6. The minimum atomic E-state index is -3.78. The summed E-state index contributed by atoms with van der Waals surface area (Å²) in [5.41, 5.74) is 0.516. The molecule has 0 amide bonds. The lowest BCUT2D eigenvalue weighted by Gasteiger charge is -2.14. The van der Waals surface area contributed by atoms with E-state index in [1.54, 1.807) is 19.2 Å². The van der Waals surface area contributed by atoms with Gasteiger partial charge in [0.25, 0.3) is 0 Å². The minimum Gasteiger partial charge on any atom is -0.465 e. The van der Waals surface area contributed by atoms with Gasteiger partial charge in [0, 0.05) is 13.2 Å². The first kappa shape index (κ1) is 16.1. The smallest absolute Gasteiger partial charge is 0.349 e. The molecule has 1 N–H and O–H groups in total. The van der Waals surface area contributed by atoms with E-state index in [0.717, 1.165) is 11.3 Å². The van der Waals surface area contributed by atoms with E-state index in [1.165, 1.54) is 14.2 Å². The first-order chi connectivity index (χ1) is 8.83. The molecule has 0 fully saturated rings. The second kappa shape index (κ2) is 6.47. The maximum absolute atomic E-state index is 12.3. The van der Waals surface area contributed by atoms with Crippen LogP contribution in [0.5, 0.6) is 0 Å². The van der Waals surface area contributed by atoms with Gasteiger partial charge in [0.1, 0.15) is 9.77 Å². The predicted octanol–water partition coefficient (Wildman–Crippen LogP) is 1.16. The summed E-state index contributed by atoms with van der Waals surface area (Å²) in [5.74, 6) is -0.655. The number of aryl methyl sites for hydroxylation is 1. The highest BCUT2D eigenvalue weighted by molar-refractivity contribution is 7.89. The summed E-state index contributed by atoms with van der Waals surface area (Å²) < 4.78 is 36.5. The molecule has 1 aromatic heterocycles. The van der Waals surface area contributed by atoms with Crippen molar-refractivity contribution < 1.29 is 22.7 Å². The van der Waals surface area contributed by atoms with Crippen LogP contribution in [0.25, 0.3) is 0 Å². The quantitative estimate of drug-likeness (QED) is 0.797. The normalized spacial score (nSPS) is 13.3. The molecular weight excluding hydrogens is 290 g/mol. The lowest BCUT2D eigenvalue weighted by molar-refractivity contribution is 0.0602. The van der Waals surface area contributed by atoms with Crippen molar-refractivity contribution in [3.8, 4) is 0 Å². The number of hydrogen-bond donors (Lipinski definition) is 1. The van der Waals surface area contributed by atoms with Gasteiger partial charge in [0.05, 0.1) is 13.7 Å². The molecule has 1 heterocycles. The lowest BCUT2D eigenvalue weighted by atomic mass is 10.3. The number of carbonyl (C=O) groups is 1. The topological polar surface area (TPSA) is 81.7 Å². The monoisotopic (exact) mass is 307 g/mol. The van der Waals surface area contributed by atoms with E-state index in [0.29, 0.717) is 5.56 Å². The molecule has 1 rings (SSSR count). The largest absolute Gasteiger partial charge is 0.465 e. The Morgan fingerprint density at radius 3 is 2.63 bits per heavy atom. The van der Waals surface area contributed by atoms with Gasteiger partial charge in [-0.25, -0.2) is 17.9 Å². The number of carbonyl (C=O) groups excluding carboxylic acids is 1. The summed E-state index contributed by atoms with van der Waals surface area (Å²) in [6.07, 6.45) is 0. The van der Waals surface area contributed by atoms with E-state index in [1.807, 2.05) is 0 Å². The molecule has 0 radical (unpaired) electrons. The Kier molecular flexibility index (Phi) is 5.48. The maximum atomic E-state index is 12.3. The Bertz CT molecular complexity index is 549. The fourth-order valence-electron chi connectivity index (χ4n) is 1.61. The molecule has 19 heavy (non-hydrogen) atoms. The minimum absolute atomic E-state index is 0.0210. The first-order valence-corrected chi connectivity index (χ1v) is 7.87. The van der Waals surface area contributed by atoms with Crippen molar-refractivity contribution in [2.24, 2.45) is 0 Å².